The predicted molar refractivity (Wildman–Crippen MR) is 115 cm³/mol. The van der Waals surface area contributed by atoms with E-state index in [1.807, 2.05) is 31.2 Å². The maximum atomic E-state index is 12.9. The fourth-order valence-corrected chi connectivity index (χ4v) is 3.57. The van der Waals surface area contributed by atoms with Crippen LogP contribution < -0.4 is 10.7 Å². The van der Waals surface area contributed by atoms with Gasteiger partial charge in [-0.3, -0.25) is 9.59 Å². The minimum absolute atomic E-state index is 0.0666. The fraction of sp³-hybridized carbons (Fsp3) is 0.125. The van der Waals surface area contributed by atoms with Crippen LogP contribution in [0.25, 0.3) is 22.6 Å². The van der Waals surface area contributed by atoms with Crippen LogP contribution in [-0.4, -0.2) is 17.0 Å². The molecule has 150 valence electrons. The summed E-state index contributed by atoms with van der Waals surface area (Å²) in [4.78, 5) is 35.3. The average Bonchev–Trinajstić information content (AvgIpc) is 3.11. The van der Waals surface area contributed by atoms with E-state index in [2.05, 4.69) is 11.4 Å². The van der Waals surface area contributed by atoms with Crippen molar-refractivity contribution in [2.24, 2.45) is 0 Å². The molecule has 0 radical (unpaired) electrons. The van der Waals surface area contributed by atoms with Crippen molar-refractivity contribution >= 4 is 40.2 Å². The van der Waals surface area contributed by atoms with Crippen molar-refractivity contribution < 1.29 is 19.1 Å². The van der Waals surface area contributed by atoms with E-state index < -0.39 is 11.9 Å². The second kappa shape index (κ2) is 7.83. The third kappa shape index (κ3) is 3.80. The number of hydrogen-bond acceptors (Lipinski definition) is 4. The zero-order chi connectivity index (χ0) is 21.3. The quantitative estimate of drug-likeness (QED) is 0.640. The lowest BCUT2D eigenvalue weighted by molar-refractivity contribution is -0.131. The Kier molecular flexibility index (Phi) is 5.06. The number of fused-ring (bicyclic) bond motifs is 2. The fourth-order valence-electron chi connectivity index (χ4n) is 3.57. The maximum Gasteiger partial charge on any atom is 0.328 e. The Bertz CT molecular complexity index is 1300. The topological polar surface area (TPSA) is 96.6 Å². The van der Waals surface area contributed by atoms with Gasteiger partial charge in [-0.15, -0.1) is 0 Å². The summed E-state index contributed by atoms with van der Waals surface area (Å²) in [6.07, 6.45) is 5.09. The molecule has 0 unspecified atom stereocenters. The van der Waals surface area contributed by atoms with E-state index in [9.17, 15) is 14.4 Å². The Hall–Kier alpha value is -3.93. The zero-order valence-electron chi connectivity index (χ0n) is 16.3. The van der Waals surface area contributed by atoms with Crippen LogP contribution in [0.3, 0.4) is 0 Å². The largest absolute Gasteiger partial charge is 0.478 e. The highest BCUT2D eigenvalue weighted by Crippen LogP contribution is 2.35. The molecular formula is C24H19NO5. The Morgan fingerprint density at radius 1 is 1.10 bits per heavy atom. The number of anilines is 1. The van der Waals surface area contributed by atoms with Crippen LogP contribution in [0.4, 0.5) is 5.69 Å². The molecule has 1 heterocycles. The van der Waals surface area contributed by atoms with Gasteiger partial charge in [0, 0.05) is 29.5 Å². The normalized spacial score (nSPS) is 14.4. The number of allylic oxidation sites excluding steroid dienone is 1. The van der Waals surface area contributed by atoms with E-state index in [4.69, 9.17) is 9.52 Å². The summed E-state index contributed by atoms with van der Waals surface area (Å²) in [5, 5.41) is 11.6. The van der Waals surface area contributed by atoms with E-state index in [-0.39, 0.29) is 5.43 Å². The highest BCUT2D eigenvalue weighted by atomic mass is 16.4. The number of carboxylic acid groups (broad SMARTS) is 1. The van der Waals surface area contributed by atoms with Crippen molar-refractivity contribution in [3.05, 3.63) is 87.3 Å². The SMILES string of the molecule is Cc1ccccc1C=C1CCc2c1oc1cc(NC(=O)/C=C/C(=O)O)ccc1c2=O. The van der Waals surface area contributed by atoms with Crippen LogP contribution in [0.1, 0.15) is 28.9 Å². The number of carbonyl (C=O) groups is 2. The molecule has 1 aliphatic rings. The Balaban J connectivity index is 1.73. The monoisotopic (exact) mass is 401 g/mol. The summed E-state index contributed by atoms with van der Waals surface area (Å²) in [6.45, 7) is 2.03. The van der Waals surface area contributed by atoms with Gasteiger partial charge in [0.2, 0.25) is 5.91 Å². The summed E-state index contributed by atoms with van der Waals surface area (Å²) in [5.74, 6) is -1.21. The molecule has 0 spiro atoms. The van der Waals surface area contributed by atoms with E-state index in [1.165, 1.54) is 0 Å². The maximum absolute atomic E-state index is 12.9. The molecule has 4 rings (SSSR count). The number of carbonyl (C=O) groups excluding carboxylic acids is 1. The molecule has 2 aromatic carbocycles. The van der Waals surface area contributed by atoms with Crippen molar-refractivity contribution in [1.29, 1.82) is 0 Å². The number of amides is 1. The van der Waals surface area contributed by atoms with Crippen LogP contribution in [0.5, 0.6) is 0 Å². The van der Waals surface area contributed by atoms with Gasteiger partial charge < -0.3 is 14.8 Å². The third-order valence-electron chi connectivity index (χ3n) is 5.09. The Labute approximate surface area is 172 Å². The molecule has 0 aliphatic heterocycles. The van der Waals surface area contributed by atoms with E-state index in [1.54, 1.807) is 18.2 Å². The van der Waals surface area contributed by atoms with Crippen LogP contribution in [0, 0.1) is 6.92 Å². The Morgan fingerprint density at radius 2 is 1.90 bits per heavy atom. The third-order valence-corrected chi connectivity index (χ3v) is 5.09. The molecule has 0 bridgehead atoms. The minimum Gasteiger partial charge on any atom is -0.478 e. The summed E-state index contributed by atoms with van der Waals surface area (Å²) in [5.41, 5.74) is 4.57. The van der Waals surface area contributed by atoms with Crippen LogP contribution >= 0.6 is 0 Å². The molecule has 0 saturated carbocycles. The van der Waals surface area contributed by atoms with Gasteiger partial charge in [0.25, 0.3) is 0 Å². The Morgan fingerprint density at radius 3 is 2.67 bits per heavy atom. The van der Waals surface area contributed by atoms with Gasteiger partial charge in [-0.2, -0.15) is 0 Å². The molecule has 6 nitrogen and oxygen atoms in total. The smallest absolute Gasteiger partial charge is 0.328 e. The summed E-state index contributed by atoms with van der Waals surface area (Å²) < 4.78 is 6.10. The van der Waals surface area contributed by atoms with Crippen LogP contribution in [-0.2, 0) is 16.0 Å². The predicted octanol–water partition coefficient (Wildman–Crippen LogP) is 4.17. The van der Waals surface area contributed by atoms with Gasteiger partial charge in [0.15, 0.2) is 5.43 Å². The number of hydrogen-bond donors (Lipinski definition) is 2. The van der Waals surface area contributed by atoms with Crippen molar-refractivity contribution in [2.75, 3.05) is 5.32 Å². The molecule has 2 N–H and O–H groups in total. The molecule has 0 fully saturated rings. The second-order valence-corrected chi connectivity index (χ2v) is 7.14. The van der Waals surface area contributed by atoms with Crippen LogP contribution in [0.2, 0.25) is 0 Å². The molecule has 0 saturated heterocycles. The molecule has 1 aliphatic carbocycles. The standard InChI is InChI=1S/C24H19NO5/c1-14-4-2-3-5-15(14)12-16-6-8-19-23(29)18-9-7-17(13-20(18)30-24(16)19)25-21(26)10-11-22(27)28/h2-5,7,9-13H,6,8H2,1H3,(H,25,26)(H,27,28)/b11-10+,16-12?. The average molecular weight is 401 g/mol. The highest BCUT2D eigenvalue weighted by molar-refractivity contribution is 6.03. The molecular weight excluding hydrogens is 382 g/mol. The van der Waals surface area contributed by atoms with Gasteiger partial charge in [-0.05, 0) is 54.7 Å². The molecule has 1 aromatic heterocycles. The van der Waals surface area contributed by atoms with Gasteiger partial charge in [-0.1, -0.05) is 24.3 Å². The highest BCUT2D eigenvalue weighted by Gasteiger charge is 2.24. The first-order valence-corrected chi connectivity index (χ1v) is 9.50. The first kappa shape index (κ1) is 19.4. The second-order valence-electron chi connectivity index (χ2n) is 7.14. The van der Waals surface area contributed by atoms with E-state index in [0.29, 0.717) is 34.4 Å². The molecule has 30 heavy (non-hydrogen) atoms. The summed E-state index contributed by atoms with van der Waals surface area (Å²) in [6, 6.07) is 12.8. The van der Waals surface area contributed by atoms with Crippen molar-refractivity contribution in [2.45, 2.75) is 19.8 Å². The molecule has 0 atom stereocenters. The van der Waals surface area contributed by atoms with Gasteiger partial charge in [0.1, 0.15) is 11.3 Å². The van der Waals surface area contributed by atoms with Crippen molar-refractivity contribution in [1.82, 2.24) is 0 Å². The number of carboxylic acids is 1. The summed E-state index contributed by atoms with van der Waals surface area (Å²) >= 11 is 0. The van der Waals surface area contributed by atoms with Gasteiger partial charge in [-0.25, -0.2) is 4.79 Å². The number of rotatable bonds is 4. The lowest BCUT2D eigenvalue weighted by Gasteiger charge is -2.07. The lowest BCUT2D eigenvalue weighted by Crippen LogP contribution is -2.11. The number of nitrogens with one attached hydrogen (secondary N) is 1. The first-order chi connectivity index (χ1) is 14.4. The van der Waals surface area contributed by atoms with Crippen LogP contribution in [0.15, 0.2) is 63.8 Å². The van der Waals surface area contributed by atoms with Gasteiger partial charge in [0.05, 0.1) is 5.39 Å². The number of benzene rings is 2. The van der Waals surface area contributed by atoms with Crippen molar-refractivity contribution in [3.63, 3.8) is 0 Å². The number of aryl methyl sites for hydroxylation is 1. The number of aliphatic carboxylic acids is 1. The molecule has 3 aromatic rings. The minimum atomic E-state index is -1.21. The van der Waals surface area contributed by atoms with Crippen molar-refractivity contribution in [3.8, 4) is 0 Å². The molecule has 6 heteroatoms. The zero-order valence-corrected chi connectivity index (χ0v) is 16.3. The van der Waals surface area contributed by atoms with E-state index in [0.717, 1.165) is 35.3 Å². The summed E-state index contributed by atoms with van der Waals surface area (Å²) in [7, 11) is 0. The van der Waals surface area contributed by atoms with E-state index >= 15 is 0 Å². The first-order valence-electron chi connectivity index (χ1n) is 9.50. The van der Waals surface area contributed by atoms with Gasteiger partial charge >= 0.3 is 5.97 Å². The lowest BCUT2D eigenvalue weighted by atomic mass is 10.0. The molecule has 1 amide bonds.